The van der Waals surface area contributed by atoms with Crippen LogP contribution >= 0.6 is 0 Å². The number of hydrogen-bond acceptors (Lipinski definition) is 3. The Balaban J connectivity index is 2.22. The van der Waals surface area contributed by atoms with Crippen molar-refractivity contribution in [2.24, 2.45) is 5.73 Å². The maximum absolute atomic E-state index is 11.5. The van der Waals surface area contributed by atoms with E-state index in [9.17, 15) is 9.59 Å². The number of carbonyl (C=O) groups is 2. The Bertz CT molecular complexity index is 499. The predicted molar refractivity (Wildman–Crippen MR) is 74.8 cm³/mol. The van der Waals surface area contributed by atoms with Crippen LogP contribution in [0.15, 0.2) is 18.2 Å². The van der Waals surface area contributed by atoms with Gasteiger partial charge in [-0.3, -0.25) is 9.59 Å². The summed E-state index contributed by atoms with van der Waals surface area (Å²) in [5.41, 5.74) is 8.34. The van der Waals surface area contributed by atoms with Crippen LogP contribution in [0, 0.1) is 0 Å². The standard InChI is InChI=1S/C14H19N3O2/c1-2-3-4-10(15)9-5-6-11-12(7-9)17-14(19)8-13(18)16-11/h5-7,10H,2-4,8,15H2,1H3,(H,16,18)(H,17,19). The van der Waals surface area contributed by atoms with E-state index < -0.39 is 0 Å². The molecule has 0 saturated carbocycles. The van der Waals surface area contributed by atoms with Gasteiger partial charge in [0, 0.05) is 6.04 Å². The van der Waals surface area contributed by atoms with Crippen molar-refractivity contribution in [3.8, 4) is 0 Å². The van der Waals surface area contributed by atoms with Crippen LogP contribution in [-0.2, 0) is 9.59 Å². The summed E-state index contributed by atoms with van der Waals surface area (Å²) < 4.78 is 0. The summed E-state index contributed by atoms with van der Waals surface area (Å²) in [5, 5.41) is 5.43. The van der Waals surface area contributed by atoms with Crippen molar-refractivity contribution in [3.63, 3.8) is 0 Å². The minimum Gasteiger partial charge on any atom is -0.324 e. The number of anilines is 2. The molecule has 1 heterocycles. The molecule has 1 aromatic carbocycles. The zero-order valence-corrected chi connectivity index (χ0v) is 11.0. The molecule has 0 aliphatic carbocycles. The zero-order valence-electron chi connectivity index (χ0n) is 11.0. The van der Waals surface area contributed by atoms with Crippen LogP contribution in [0.25, 0.3) is 0 Å². The highest BCUT2D eigenvalue weighted by Crippen LogP contribution is 2.29. The van der Waals surface area contributed by atoms with Crippen molar-refractivity contribution >= 4 is 23.2 Å². The molecule has 1 atom stereocenters. The van der Waals surface area contributed by atoms with Crippen LogP contribution in [0.1, 0.15) is 44.2 Å². The molecule has 1 unspecified atom stereocenters. The van der Waals surface area contributed by atoms with E-state index in [0.717, 1.165) is 24.8 Å². The molecule has 1 aliphatic heterocycles. The monoisotopic (exact) mass is 261 g/mol. The van der Waals surface area contributed by atoms with E-state index in [1.54, 1.807) is 6.07 Å². The zero-order chi connectivity index (χ0) is 13.8. The average molecular weight is 261 g/mol. The lowest BCUT2D eigenvalue weighted by molar-refractivity contribution is -0.123. The van der Waals surface area contributed by atoms with Gasteiger partial charge in [0.15, 0.2) is 0 Å². The number of unbranched alkanes of at least 4 members (excludes halogenated alkanes) is 1. The van der Waals surface area contributed by atoms with Gasteiger partial charge in [0.1, 0.15) is 6.42 Å². The molecule has 1 aliphatic rings. The quantitative estimate of drug-likeness (QED) is 0.726. The summed E-state index contributed by atoms with van der Waals surface area (Å²) in [7, 11) is 0. The fourth-order valence-corrected chi connectivity index (χ4v) is 2.13. The van der Waals surface area contributed by atoms with Crippen molar-refractivity contribution in [2.45, 2.75) is 38.6 Å². The van der Waals surface area contributed by atoms with E-state index in [1.807, 2.05) is 12.1 Å². The number of fused-ring (bicyclic) bond motifs is 1. The molecule has 102 valence electrons. The Hall–Kier alpha value is -1.88. The van der Waals surface area contributed by atoms with Crippen molar-refractivity contribution in [1.29, 1.82) is 0 Å². The maximum atomic E-state index is 11.5. The number of benzene rings is 1. The normalized spacial score (nSPS) is 16.1. The number of rotatable bonds is 4. The summed E-state index contributed by atoms with van der Waals surface area (Å²) >= 11 is 0. The van der Waals surface area contributed by atoms with Gasteiger partial charge in [0.2, 0.25) is 11.8 Å². The topological polar surface area (TPSA) is 84.2 Å². The molecule has 0 aromatic heterocycles. The highest BCUT2D eigenvalue weighted by Gasteiger charge is 2.19. The van der Waals surface area contributed by atoms with Gasteiger partial charge in [0.25, 0.3) is 0 Å². The molecule has 0 radical (unpaired) electrons. The van der Waals surface area contributed by atoms with Gasteiger partial charge in [-0.2, -0.15) is 0 Å². The fourth-order valence-electron chi connectivity index (χ4n) is 2.13. The molecule has 0 bridgehead atoms. The van der Waals surface area contributed by atoms with Crippen molar-refractivity contribution in [2.75, 3.05) is 10.6 Å². The third-order valence-electron chi connectivity index (χ3n) is 3.21. The Labute approximate surface area is 112 Å². The molecular weight excluding hydrogens is 242 g/mol. The number of amides is 2. The van der Waals surface area contributed by atoms with E-state index in [0.29, 0.717) is 11.4 Å². The minimum atomic E-state index is -0.296. The van der Waals surface area contributed by atoms with E-state index in [2.05, 4.69) is 17.6 Å². The van der Waals surface area contributed by atoms with Crippen molar-refractivity contribution in [1.82, 2.24) is 0 Å². The highest BCUT2D eigenvalue weighted by atomic mass is 16.2. The third-order valence-corrected chi connectivity index (χ3v) is 3.21. The van der Waals surface area contributed by atoms with E-state index >= 15 is 0 Å². The predicted octanol–water partition coefficient (Wildman–Crippen LogP) is 2.16. The molecule has 0 saturated heterocycles. The second kappa shape index (κ2) is 5.84. The number of nitrogens with two attached hydrogens (primary N) is 1. The molecule has 2 rings (SSSR count). The number of nitrogens with one attached hydrogen (secondary N) is 2. The molecule has 5 nitrogen and oxygen atoms in total. The lowest BCUT2D eigenvalue weighted by Crippen LogP contribution is -2.16. The molecule has 0 fully saturated rings. The second-order valence-corrected chi connectivity index (χ2v) is 4.83. The highest BCUT2D eigenvalue weighted by molar-refractivity contribution is 6.13. The van der Waals surface area contributed by atoms with Crippen LogP contribution in [0.4, 0.5) is 11.4 Å². The first-order valence-electron chi connectivity index (χ1n) is 6.59. The molecule has 5 heteroatoms. The summed E-state index contributed by atoms with van der Waals surface area (Å²) in [6, 6.07) is 5.50. The second-order valence-electron chi connectivity index (χ2n) is 4.83. The Morgan fingerprint density at radius 2 is 1.89 bits per heavy atom. The van der Waals surface area contributed by atoms with Gasteiger partial charge < -0.3 is 16.4 Å². The van der Waals surface area contributed by atoms with Crippen LogP contribution < -0.4 is 16.4 Å². The molecule has 19 heavy (non-hydrogen) atoms. The summed E-state index contributed by atoms with van der Waals surface area (Å²) in [5.74, 6) is -0.588. The molecule has 0 spiro atoms. The number of hydrogen-bond donors (Lipinski definition) is 3. The lowest BCUT2D eigenvalue weighted by atomic mass is 10.0. The van der Waals surface area contributed by atoms with Gasteiger partial charge in [0.05, 0.1) is 11.4 Å². The van der Waals surface area contributed by atoms with E-state index in [4.69, 9.17) is 5.73 Å². The van der Waals surface area contributed by atoms with Crippen molar-refractivity contribution in [3.05, 3.63) is 23.8 Å². The third kappa shape index (κ3) is 3.32. The van der Waals surface area contributed by atoms with Gasteiger partial charge in [-0.15, -0.1) is 0 Å². The number of carbonyl (C=O) groups excluding carboxylic acids is 2. The molecule has 1 aromatic rings. The van der Waals surface area contributed by atoms with Gasteiger partial charge in [-0.25, -0.2) is 0 Å². The Morgan fingerprint density at radius 1 is 1.21 bits per heavy atom. The maximum Gasteiger partial charge on any atom is 0.233 e. The summed E-state index contributed by atoms with van der Waals surface area (Å²) in [6.07, 6.45) is 2.94. The average Bonchev–Trinajstić information content (AvgIpc) is 2.51. The summed E-state index contributed by atoms with van der Waals surface area (Å²) in [6.45, 7) is 2.12. The Kier molecular flexibility index (Phi) is 4.16. The van der Waals surface area contributed by atoms with Gasteiger partial charge >= 0.3 is 0 Å². The van der Waals surface area contributed by atoms with Crippen LogP contribution in [0.3, 0.4) is 0 Å². The SMILES string of the molecule is CCCCC(N)c1ccc2c(c1)NC(=O)CC(=O)N2. The molecule has 2 amide bonds. The largest absolute Gasteiger partial charge is 0.324 e. The first-order chi connectivity index (χ1) is 9.10. The van der Waals surface area contributed by atoms with Crippen LogP contribution in [-0.4, -0.2) is 11.8 Å². The first-order valence-corrected chi connectivity index (χ1v) is 6.59. The molecular formula is C14H19N3O2. The minimum absolute atomic E-state index is 0.0406. The van der Waals surface area contributed by atoms with E-state index in [-0.39, 0.29) is 24.3 Å². The van der Waals surface area contributed by atoms with E-state index in [1.165, 1.54) is 0 Å². The fraction of sp³-hybridized carbons (Fsp3) is 0.429. The first kappa shape index (κ1) is 13.5. The van der Waals surface area contributed by atoms with Gasteiger partial charge in [-0.05, 0) is 24.1 Å². The van der Waals surface area contributed by atoms with Gasteiger partial charge in [-0.1, -0.05) is 25.8 Å². The van der Waals surface area contributed by atoms with Crippen molar-refractivity contribution < 1.29 is 9.59 Å². The van der Waals surface area contributed by atoms with Crippen LogP contribution in [0.2, 0.25) is 0 Å². The smallest absolute Gasteiger partial charge is 0.233 e. The summed E-state index contributed by atoms with van der Waals surface area (Å²) in [4.78, 5) is 22.9. The van der Waals surface area contributed by atoms with Crippen LogP contribution in [0.5, 0.6) is 0 Å². The Morgan fingerprint density at radius 3 is 2.58 bits per heavy atom. The lowest BCUT2D eigenvalue weighted by Gasteiger charge is -2.14. The molecule has 4 N–H and O–H groups in total.